The van der Waals surface area contributed by atoms with Crippen LogP contribution in [0.15, 0.2) is 15.8 Å². The Balaban J connectivity index is 3.85. The van der Waals surface area contributed by atoms with Gasteiger partial charge in [-0.25, -0.2) is 4.99 Å². The van der Waals surface area contributed by atoms with E-state index < -0.39 is 0 Å². The van der Waals surface area contributed by atoms with Crippen molar-refractivity contribution < 1.29 is 4.74 Å². The smallest absolute Gasteiger partial charge is 0.145 e. The van der Waals surface area contributed by atoms with Crippen LogP contribution >= 0.6 is 11.6 Å². The first-order valence-corrected chi connectivity index (χ1v) is 5.74. The van der Waals surface area contributed by atoms with Crippen LogP contribution in [0.2, 0.25) is 0 Å². The molecule has 2 N–H and O–H groups in total. The molecule has 0 aromatic carbocycles. The van der Waals surface area contributed by atoms with Gasteiger partial charge in [-0.1, -0.05) is 11.6 Å². The van der Waals surface area contributed by atoms with Gasteiger partial charge in [-0.15, -0.1) is 0 Å². The van der Waals surface area contributed by atoms with Crippen molar-refractivity contribution in [3.05, 3.63) is 10.9 Å². The van der Waals surface area contributed by atoms with Crippen LogP contribution in [-0.2, 0) is 4.74 Å². The van der Waals surface area contributed by atoms with E-state index >= 15 is 0 Å². The first kappa shape index (κ1) is 15.1. The van der Waals surface area contributed by atoms with Crippen molar-refractivity contribution in [2.75, 3.05) is 19.8 Å². The molecule has 0 fully saturated rings. The standard InChI is InChI=1S/C11H20ClN3O/c1-4-16-8-6-5-7-15-11(14-3)10(12)9(2)13/h13,15H,3-8H2,1-2H3/b11-10-,13-9?. The Kier molecular flexibility index (Phi) is 8.85. The Bertz CT molecular complexity index is 264. The monoisotopic (exact) mass is 245 g/mol. The number of allylic oxidation sites excluding steroid dienone is 1. The van der Waals surface area contributed by atoms with Gasteiger partial charge in [-0.3, -0.25) is 0 Å². The lowest BCUT2D eigenvalue weighted by molar-refractivity contribution is 0.143. The third kappa shape index (κ3) is 6.58. The van der Waals surface area contributed by atoms with Gasteiger partial charge in [0.1, 0.15) is 10.9 Å². The number of hydrogen-bond acceptors (Lipinski definition) is 4. The molecular weight excluding hydrogens is 226 g/mol. The van der Waals surface area contributed by atoms with Crippen molar-refractivity contribution in [1.29, 1.82) is 5.41 Å². The van der Waals surface area contributed by atoms with Crippen LogP contribution in [0.25, 0.3) is 0 Å². The molecule has 0 aromatic rings. The second-order valence-corrected chi connectivity index (χ2v) is 3.65. The van der Waals surface area contributed by atoms with Gasteiger partial charge in [0.2, 0.25) is 0 Å². The highest BCUT2D eigenvalue weighted by Gasteiger charge is 2.03. The van der Waals surface area contributed by atoms with E-state index in [0.29, 0.717) is 10.9 Å². The zero-order valence-electron chi connectivity index (χ0n) is 9.98. The summed E-state index contributed by atoms with van der Waals surface area (Å²) < 4.78 is 5.22. The van der Waals surface area contributed by atoms with E-state index in [4.69, 9.17) is 21.7 Å². The molecule has 5 heteroatoms. The maximum Gasteiger partial charge on any atom is 0.145 e. The molecule has 16 heavy (non-hydrogen) atoms. The average Bonchev–Trinajstić information content (AvgIpc) is 2.27. The fraction of sp³-hybridized carbons (Fsp3) is 0.636. The summed E-state index contributed by atoms with van der Waals surface area (Å²) in [6.07, 6.45) is 1.96. The summed E-state index contributed by atoms with van der Waals surface area (Å²) >= 11 is 5.88. The van der Waals surface area contributed by atoms with Crippen LogP contribution in [0.1, 0.15) is 26.7 Å². The van der Waals surface area contributed by atoms with E-state index in [1.807, 2.05) is 6.92 Å². The largest absolute Gasteiger partial charge is 0.382 e. The normalized spacial score (nSPS) is 11.9. The van der Waals surface area contributed by atoms with Crippen LogP contribution < -0.4 is 5.32 Å². The number of ether oxygens (including phenoxy) is 1. The third-order valence-electron chi connectivity index (χ3n) is 1.91. The van der Waals surface area contributed by atoms with Gasteiger partial charge in [0.15, 0.2) is 0 Å². The van der Waals surface area contributed by atoms with Crippen LogP contribution in [0.3, 0.4) is 0 Å². The average molecular weight is 246 g/mol. The number of hydrogen-bond donors (Lipinski definition) is 2. The lowest BCUT2D eigenvalue weighted by atomic mass is 10.3. The fourth-order valence-corrected chi connectivity index (χ4v) is 1.19. The summed E-state index contributed by atoms with van der Waals surface area (Å²) in [7, 11) is 0. The molecule has 92 valence electrons. The molecule has 0 saturated carbocycles. The van der Waals surface area contributed by atoms with E-state index in [0.717, 1.165) is 32.6 Å². The molecule has 0 aliphatic rings. The van der Waals surface area contributed by atoms with Crippen molar-refractivity contribution in [1.82, 2.24) is 5.32 Å². The van der Waals surface area contributed by atoms with E-state index in [-0.39, 0.29) is 5.71 Å². The molecule has 0 atom stereocenters. The van der Waals surface area contributed by atoms with Crippen molar-refractivity contribution in [2.24, 2.45) is 4.99 Å². The molecule has 0 heterocycles. The summed E-state index contributed by atoms with van der Waals surface area (Å²) in [6, 6.07) is 0. The Morgan fingerprint density at radius 1 is 1.50 bits per heavy atom. The minimum atomic E-state index is 0.283. The molecule has 0 saturated heterocycles. The van der Waals surface area contributed by atoms with E-state index in [2.05, 4.69) is 17.0 Å². The number of nitrogens with one attached hydrogen (secondary N) is 2. The second-order valence-electron chi connectivity index (χ2n) is 3.28. The van der Waals surface area contributed by atoms with Gasteiger partial charge in [-0.05, 0) is 33.4 Å². The zero-order valence-corrected chi connectivity index (χ0v) is 10.7. The topological polar surface area (TPSA) is 57.5 Å². The molecule has 0 rings (SSSR count). The molecule has 0 unspecified atom stereocenters. The van der Waals surface area contributed by atoms with Crippen LogP contribution in [-0.4, -0.2) is 32.2 Å². The highest BCUT2D eigenvalue weighted by atomic mass is 35.5. The number of unbranched alkanes of at least 4 members (excludes halogenated alkanes) is 1. The van der Waals surface area contributed by atoms with Crippen molar-refractivity contribution in [3.63, 3.8) is 0 Å². The minimum absolute atomic E-state index is 0.283. The minimum Gasteiger partial charge on any atom is -0.382 e. The first-order chi connectivity index (χ1) is 7.63. The molecule has 0 spiro atoms. The quantitative estimate of drug-likeness (QED) is 0.485. The Morgan fingerprint density at radius 3 is 2.69 bits per heavy atom. The number of rotatable bonds is 9. The lowest BCUT2D eigenvalue weighted by Crippen LogP contribution is -2.16. The molecule has 0 amide bonds. The summed E-state index contributed by atoms with van der Waals surface area (Å²) in [4.78, 5) is 3.76. The molecule has 0 aliphatic heterocycles. The number of halogens is 1. The van der Waals surface area contributed by atoms with Crippen LogP contribution in [0.4, 0.5) is 0 Å². The van der Waals surface area contributed by atoms with Gasteiger partial charge in [0, 0.05) is 19.8 Å². The highest BCUT2D eigenvalue weighted by Crippen LogP contribution is 2.09. The predicted octanol–water partition coefficient (Wildman–Crippen LogP) is 2.54. The SMILES string of the molecule is C=N/C(NCCCCOCC)=C(/Cl)C(C)=N. The van der Waals surface area contributed by atoms with Crippen molar-refractivity contribution in [2.45, 2.75) is 26.7 Å². The fourth-order valence-electron chi connectivity index (χ4n) is 1.06. The molecular formula is C11H20ClN3O. The van der Waals surface area contributed by atoms with Crippen molar-refractivity contribution in [3.8, 4) is 0 Å². The number of nitrogens with zero attached hydrogens (tertiary/aromatic N) is 1. The molecule has 0 bridgehead atoms. The van der Waals surface area contributed by atoms with E-state index in [9.17, 15) is 0 Å². The van der Waals surface area contributed by atoms with Gasteiger partial charge in [0.05, 0.1) is 5.71 Å². The first-order valence-electron chi connectivity index (χ1n) is 5.37. The summed E-state index contributed by atoms with van der Waals surface area (Å²) in [5.74, 6) is 0.477. The van der Waals surface area contributed by atoms with Crippen LogP contribution in [0.5, 0.6) is 0 Å². The van der Waals surface area contributed by atoms with Gasteiger partial charge < -0.3 is 15.5 Å². The van der Waals surface area contributed by atoms with Crippen molar-refractivity contribution >= 4 is 24.0 Å². The number of aliphatic imine (C=N–C) groups is 1. The summed E-state index contributed by atoms with van der Waals surface area (Å²) in [6.45, 7) is 9.30. The lowest BCUT2D eigenvalue weighted by Gasteiger charge is -2.08. The van der Waals surface area contributed by atoms with E-state index in [1.165, 1.54) is 0 Å². The molecule has 0 radical (unpaired) electrons. The maximum absolute atomic E-state index is 7.37. The Hall–Kier alpha value is -0.870. The zero-order chi connectivity index (χ0) is 12.4. The van der Waals surface area contributed by atoms with Gasteiger partial charge >= 0.3 is 0 Å². The van der Waals surface area contributed by atoms with E-state index in [1.54, 1.807) is 6.92 Å². The summed E-state index contributed by atoms with van der Waals surface area (Å²) in [5, 5.41) is 10.7. The Morgan fingerprint density at radius 2 is 2.19 bits per heavy atom. The van der Waals surface area contributed by atoms with Gasteiger partial charge in [0.25, 0.3) is 0 Å². The molecule has 4 nitrogen and oxygen atoms in total. The highest BCUT2D eigenvalue weighted by molar-refractivity contribution is 6.43. The second kappa shape index (κ2) is 9.36. The van der Waals surface area contributed by atoms with Gasteiger partial charge in [-0.2, -0.15) is 0 Å². The third-order valence-corrected chi connectivity index (χ3v) is 2.37. The summed E-state index contributed by atoms with van der Waals surface area (Å²) in [5.41, 5.74) is 0.283. The predicted molar refractivity (Wildman–Crippen MR) is 69.6 cm³/mol. The maximum atomic E-state index is 7.37. The van der Waals surface area contributed by atoms with Crippen LogP contribution in [0, 0.1) is 5.41 Å². The molecule has 0 aromatic heterocycles. The Labute approximate surface area is 102 Å². The molecule has 0 aliphatic carbocycles.